The summed E-state index contributed by atoms with van der Waals surface area (Å²) in [6.07, 6.45) is 2.51. The first-order chi connectivity index (χ1) is 10.3. The van der Waals surface area contributed by atoms with Crippen LogP contribution < -0.4 is 0 Å². The number of rotatable bonds is 4. The molecule has 4 nitrogen and oxygen atoms in total. The van der Waals surface area contributed by atoms with Gasteiger partial charge in [0.15, 0.2) is 5.78 Å². The van der Waals surface area contributed by atoms with Crippen molar-refractivity contribution in [1.29, 1.82) is 0 Å². The fraction of sp³-hybridized carbons (Fsp3) is 0.412. The summed E-state index contributed by atoms with van der Waals surface area (Å²) in [5, 5.41) is 0.990. The van der Waals surface area contributed by atoms with Gasteiger partial charge in [0, 0.05) is 30.2 Å². The maximum Gasteiger partial charge on any atom is 0.192 e. The van der Waals surface area contributed by atoms with E-state index in [0.717, 1.165) is 30.4 Å². The summed E-state index contributed by atoms with van der Waals surface area (Å²) in [6, 6.07) is 9.52. The molecule has 1 atom stereocenters. The molecule has 0 aliphatic carbocycles. The molecule has 0 spiro atoms. The standard InChI is InChI=1S/C17H20N2O2/c1-2-8-19-9-10-21-16(12-19)17(20)14-5-6-15-13(11-14)4-3-7-18-15/h3-7,11,16H,2,8-10,12H2,1H3. The largest absolute Gasteiger partial charge is 0.367 e. The van der Waals surface area contributed by atoms with Gasteiger partial charge in [-0.2, -0.15) is 0 Å². The van der Waals surface area contributed by atoms with Crippen LogP contribution in [0.1, 0.15) is 23.7 Å². The molecule has 21 heavy (non-hydrogen) atoms. The van der Waals surface area contributed by atoms with E-state index in [1.165, 1.54) is 0 Å². The fourth-order valence-electron chi connectivity index (χ4n) is 2.80. The predicted molar refractivity (Wildman–Crippen MR) is 82.5 cm³/mol. The predicted octanol–water partition coefficient (Wildman–Crippen LogP) is 2.53. The van der Waals surface area contributed by atoms with E-state index < -0.39 is 0 Å². The third kappa shape index (κ3) is 3.12. The average molecular weight is 284 g/mol. The van der Waals surface area contributed by atoms with E-state index in [2.05, 4.69) is 16.8 Å². The Balaban J connectivity index is 1.79. The van der Waals surface area contributed by atoms with E-state index >= 15 is 0 Å². The average Bonchev–Trinajstić information content (AvgIpc) is 2.54. The molecule has 0 N–H and O–H groups in total. The van der Waals surface area contributed by atoms with Crippen LogP contribution >= 0.6 is 0 Å². The molecule has 1 saturated heterocycles. The van der Waals surface area contributed by atoms with Gasteiger partial charge < -0.3 is 4.74 Å². The van der Waals surface area contributed by atoms with Crippen molar-refractivity contribution >= 4 is 16.7 Å². The lowest BCUT2D eigenvalue weighted by atomic mass is 10.0. The SMILES string of the molecule is CCCN1CCOC(C(=O)c2ccc3ncccc3c2)C1. The number of ether oxygens (including phenoxy) is 1. The fourth-order valence-corrected chi connectivity index (χ4v) is 2.80. The Hall–Kier alpha value is -1.78. The number of morpholine rings is 1. The molecule has 2 aromatic rings. The molecule has 1 unspecified atom stereocenters. The minimum atomic E-state index is -0.348. The molecule has 0 saturated carbocycles. The van der Waals surface area contributed by atoms with Gasteiger partial charge in [0.1, 0.15) is 6.10 Å². The molecular weight excluding hydrogens is 264 g/mol. The van der Waals surface area contributed by atoms with Crippen molar-refractivity contribution in [3.8, 4) is 0 Å². The van der Waals surface area contributed by atoms with Crippen molar-refractivity contribution in [3.63, 3.8) is 0 Å². The molecule has 4 heteroatoms. The summed E-state index contributed by atoms with van der Waals surface area (Å²) in [5.74, 6) is 0.0709. The van der Waals surface area contributed by atoms with Crippen LogP contribution in [0.3, 0.4) is 0 Å². The van der Waals surface area contributed by atoms with Crippen molar-refractivity contribution in [1.82, 2.24) is 9.88 Å². The molecule has 1 aromatic carbocycles. The van der Waals surface area contributed by atoms with E-state index in [1.807, 2.05) is 30.3 Å². The molecule has 2 heterocycles. The lowest BCUT2D eigenvalue weighted by Gasteiger charge is -2.31. The molecule has 1 fully saturated rings. The Morgan fingerprint density at radius 3 is 3.19 bits per heavy atom. The van der Waals surface area contributed by atoms with Gasteiger partial charge in [-0.1, -0.05) is 13.0 Å². The minimum absolute atomic E-state index is 0.0709. The zero-order chi connectivity index (χ0) is 14.7. The van der Waals surface area contributed by atoms with Crippen LogP contribution in [-0.4, -0.2) is 48.0 Å². The summed E-state index contributed by atoms with van der Waals surface area (Å²) in [4.78, 5) is 19.2. The molecule has 1 aliphatic rings. The van der Waals surface area contributed by atoms with E-state index in [4.69, 9.17) is 4.74 Å². The van der Waals surface area contributed by atoms with E-state index in [-0.39, 0.29) is 11.9 Å². The second-order valence-electron chi connectivity index (χ2n) is 5.44. The lowest BCUT2D eigenvalue weighted by Crippen LogP contribution is -2.46. The number of fused-ring (bicyclic) bond motifs is 1. The van der Waals surface area contributed by atoms with Gasteiger partial charge in [-0.25, -0.2) is 0 Å². The molecule has 1 aliphatic heterocycles. The Kier molecular flexibility index (Phi) is 4.27. The number of carbonyl (C=O) groups is 1. The Morgan fingerprint density at radius 1 is 1.43 bits per heavy atom. The molecule has 110 valence electrons. The third-order valence-corrected chi connectivity index (χ3v) is 3.87. The number of nitrogens with zero attached hydrogens (tertiary/aromatic N) is 2. The van der Waals surface area contributed by atoms with Gasteiger partial charge >= 0.3 is 0 Å². The first-order valence-corrected chi connectivity index (χ1v) is 7.51. The summed E-state index contributed by atoms with van der Waals surface area (Å²) in [5.41, 5.74) is 1.62. The number of hydrogen-bond donors (Lipinski definition) is 0. The Morgan fingerprint density at radius 2 is 2.33 bits per heavy atom. The maximum absolute atomic E-state index is 12.6. The third-order valence-electron chi connectivity index (χ3n) is 3.87. The van der Waals surface area contributed by atoms with E-state index in [9.17, 15) is 4.79 Å². The number of aromatic nitrogens is 1. The van der Waals surface area contributed by atoms with Crippen LogP contribution in [0.15, 0.2) is 36.5 Å². The van der Waals surface area contributed by atoms with Gasteiger partial charge in [-0.05, 0) is 37.2 Å². The van der Waals surface area contributed by atoms with Crippen molar-refractivity contribution in [2.24, 2.45) is 0 Å². The van der Waals surface area contributed by atoms with Crippen LogP contribution in [0.2, 0.25) is 0 Å². The second kappa shape index (κ2) is 6.33. The number of carbonyl (C=O) groups excluding carboxylic acids is 1. The Bertz CT molecular complexity index is 639. The van der Waals surface area contributed by atoms with Crippen molar-refractivity contribution in [2.45, 2.75) is 19.4 Å². The lowest BCUT2D eigenvalue weighted by molar-refractivity contribution is -0.0163. The minimum Gasteiger partial charge on any atom is -0.367 e. The van der Waals surface area contributed by atoms with Gasteiger partial charge in [-0.15, -0.1) is 0 Å². The highest BCUT2D eigenvalue weighted by atomic mass is 16.5. The summed E-state index contributed by atoms with van der Waals surface area (Å²) in [7, 11) is 0. The van der Waals surface area contributed by atoms with Crippen LogP contribution in [0.25, 0.3) is 10.9 Å². The number of Topliss-reactive ketones (excluding diaryl/α,β-unsaturated/α-hetero) is 1. The summed E-state index contributed by atoms with van der Waals surface area (Å²) >= 11 is 0. The highest BCUT2D eigenvalue weighted by Crippen LogP contribution is 2.17. The smallest absolute Gasteiger partial charge is 0.192 e. The zero-order valence-corrected chi connectivity index (χ0v) is 12.3. The molecule has 0 radical (unpaired) electrons. The number of benzene rings is 1. The first kappa shape index (κ1) is 14.2. The quantitative estimate of drug-likeness (QED) is 0.809. The Labute approximate surface area is 124 Å². The second-order valence-corrected chi connectivity index (χ2v) is 5.44. The maximum atomic E-state index is 12.6. The summed E-state index contributed by atoms with van der Waals surface area (Å²) in [6.45, 7) is 5.42. The van der Waals surface area contributed by atoms with Crippen LogP contribution in [0.4, 0.5) is 0 Å². The highest BCUT2D eigenvalue weighted by Gasteiger charge is 2.27. The van der Waals surface area contributed by atoms with E-state index in [1.54, 1.807) is 6.20 Å². The van der Waals surface area contributed by atoms with Gasteiger partial charge in [0.2, 0.25) is 0 Å². The highest BCUT2D eigenvalue weighted by molar-refractivity contribution is 6.02. The number of ketones is 1. The van der Waals surface area contributed by atoms with Crippen molar-refractivity contribution in [2.75, 3.05) is 26.2 Å². The van der Waals surface area contributed by atoms with Crippen molar-refractivity contribution < 1.29 is 9.53 Å². The molecule has 0 amide bonds. The van der Waals surface area contributed by atoms with Gasteiger partial charge in [-0.3, -0.25) is 14.7 Å². The number of pyridine rings is 1. The summed E-state index contributed by atoms with van der Waals surface area (Å²) < 4.78 is 5.68. The van der Waals surface area contributed by atoms with E-state index in [0.29, 0.717) is 18.7 Å². The zero-order valence-electron chi connectivity index (χ0n) is 12.3. The van der Waals surface area contributed by atoms with Gasteiger partial charge in [0.25, 0.3) is 0 Å². The first-order valence-electron chi connectivity index (χ1n) is 7.51. The molecule has 3 rings (SSSR count). The number of hydrogen-bond acceptors (Lipinski definition) is 4. The molecular formula is C17H20N2O2. The molecule has 1 aromatic heterocycles. The topological polar surface area (TPSA) is 42.4 Å². The van der Waals surface area contributed by atoms with Crippen LogP contribution in [-0.2, 0) is 4.74 Å². The van der Waals surface area contributed by atoms with Crippen LogP contribution in [0.5, 0.6) is 0 Å². The van der Waals surface area contributed by atoms with Gasteiger partial charge in [0.05, 0.1) is 12.1 Å². The van der Waals surface area contributed by atoms with Crippen molar-refractivity contribution in [3.05, 3.63) is 42.1 Å². The van der Waals surface area contributed by atoms with Crippen LogP contribution in [0, 0.1) is 0 Å². The monoisotopic (exact) mass is 284 g/mol. The normalized spacial score (nSPS) is 19.8. The molecule has 0 bridgehead atoms.